The van der Waals surface area contributed by atoms with Gasteiger partial charge in [0.05, 0.1) is 0 Å². The molecule has 1 saturated heterocycles. The van der Waals surface area contributed by atoms with Crippen LogP contribution in [0.15, 0.2) is 24.3 Å². The first kappa shape index (κ1) is 18.6. The Balaban J connectivity index is 1.27. The Morgan fingerprint density at radius 1 is 1.07 bits per heavy atom. The second-order valence-corrected chi connectivity index (χ2v) is 9.84. The molecular formula is C23H29N3O3. The van der Waals surface area contributed by atoms with Crippen molar-refractivity contribution in [2.45, 2.75) is 57.5 Å². The molecule has 1 heterocycles. The normalized spacial score (nSPS) is 37.7. The van der Waals surface area contributed by atoms with E-state index in [0.29, 0.717) is 11.8 Å². The van der Waals surface area contributed by atoms with Crippen LogP contribution < -0.4 is 10.6 Å². The van der Waals surface area contributed by atoms with Gasteiger partial charge in [-0.25, -0.2) is 4.79 Å². The Kier molecular flexibility index (Phi) is 4.23. The fourth-order valence-corrected chi connectivity index (χ4v) is 6.46. The largest absolute Gasteiger partial charge is 0.351 e. The highest BCUT2D eigenvalue weighted by Gasteiger charge is 2.51. The van der Waals surface area contributed by atoms with Crippen molar-refractivity contribution in [2.75, 3.05) is 6.54 Å². The van der Waals surface area contributed by atoms with Gasteiger partial charge in [-0.05, 0) is 75.2 Å². The number of aryl methyl sites for hydroxylation is 1. The number of hydrogen-bond acceptors (Lipinski definition) is 3. The van der Waals surface area contributed by atoms with Crippen LogP contribution in [-0.4, -0.2) is 35.3 Å². The van der Waals surface area contributed by atoms with Gasteiger partial charge in [-0.3, -0.25) is 14.5 Å². The molecule has 6 heteroatoms. The maximum Gasteiger partial charge on any atom is 0.325 e. The van der Waals surface area contributed by atoms with Crippen molar-refractivity contribution in [3.63, 3.8) is 0 Å². The lowest BCUT2D eigenvalue weighted by molar-refractivity contribution is -0.136. The number of amides is 4. The van der Waals surface area contributed by atoms with E-state index in [1.165, 1.54) is 32.1 Å². The van der Waals surface area contributed by atoms with E-state index in [1.54, 1.807) is 6.92 Å². The zero-order valence-electron chi connectivity index (χ0n) is 17.1. The minimum Gasteiger partial charge on any atom is -0.351 e. The van der Waals surface area contributed by atoms with E-state index >= 15 is 0 Å². The van der Waals surface area contributed by atoms with Gasteiger partial charge in [0.25, 0.3) is 5.91 Å². The molecule has 6 rings (SSSR count). The first-order valence-corrected chi connectivity index (χ1v) is 10.8. The van der Waals surface area contributed by atoms with E-state index in [1.807, 2.05) is 31.2 Å². The molecule has 4 bridgehead atoms. The molecule has 0 unspecified atom stereocenters. The van der Waals surface area contributed by atoms with Gasteiger partial charge in [-0.1, -0.05) is 29.8 Å². The molecule has 1 aliphatic heterocycles. The summed E-state index contributed by atoms with van der Waals surface area (Å²) in [6, 6.07) is 7.25. The van der Waals surface area contributed by atoms with E-state index in [-0.39, 0.29) is 24.4 Å². The van der Waals surface area contributed by atoms with Crippen LogP contribution in [0.1, 0.15) is 50.2 Å². The molecule has 154 valence electrons. The van der Waals surface area contributed by atoms with Gasteiger partial charge in [0, 0.05) is 6.04 Å². The topological polar surface area (TPSA) is 78.5 Å². The van der Waals surface area contributed by atoms with Gasteiger partial charge in [-0.15, -0.1) is 0 Å². The average Bonchev–Trinajstić information content (AvgIpc) is 2.88. The number of nitrogens with zero attached hydrogens (tertiary/aromatic N) is 1. The van der Waals surface area contributed by atoms with Crippen LogP contribution in [0.4, 0.5) is 4.79 Å². The third-order valence-electron chi connectivity index (χ3n) is 7.76. The molecule has 0 radical (unpaired) electrons. The Labute approximate surface area is 171 Å². The maximum atomic E-state index is 13.1. The highest BCUT2D eigenvalue weighted by atomic mass is 16.2. The number of imide groups is 1. The molecule has 5 fully saturated rings. The fourth-order valence-electron chi connectivity index (χ4n) is 6.46. The maximum absolute atomic E-state index is 13.1. The molecule has 4 amide bonds. The van der Waals surface area contributed by atoms with E-state index < -0.39 is 11.6 Å². The highest BCUT2D eigenvalue weighted by Crippen LogP contribution is 2.53. The molecule has 4 aliphatic carbocycles. The van der Waals surface area contributed by atoms with Crippen molar-refractivity contribution in [3.8, 4) is 0 Å². The molecule has 1 atom stereocenters. The monoisotopic (exact) mass is 395 g/mol. The third kappa shape index (κ3) is 3.04. The molecule has 5 aliphatic rings. The zero-order valence-corrected chi connectivity index (χ0v) is 17.1. The van der Waals surface area contributed by atoms with Gasteiger partial charge in [0.2, 0.25) is 5.91 Å². The first-order valence-electron chi connectivity index (χ1n) is 10.8. The molecule has 0 spiro atoms. The quantitative estimate of drug-likeness (QED) is 0.770. The predicted octanol–water partition coefficient (Wildman–Crippen LogP) is 2.70. The van der Waals surface area contributed by atoms with Crippen molar-refractivity contribution in [1.82, 2.24) is 15.5 Å². The Bertz CT molecular complexity index is 837. The summed E-state index contributed by atoms with van der Waals surface area (Å²) in [5.41, 5.74) is 0.680. The summed E-state index contributed by atoms with van der Waals surface area (Å²) in [6.45, 7) is 3.46. The first-order chi connectivity index (χ1) is 13.8. The van der Waals surface area contributed by atoms with Crippen molar-refractivity contribution < 1.29 is 14.4 Å². The van der Waals surface area contributed by atoms with E-state index in [2.05, 4.69) is 10.6 Å². The number of benzene rings is 1. The van der Waals surface area contributed by atoms with Crippen molar-refractivity contribution in [1.29, 1.82) is 0 Å². The second-order valence-electron chi connectivity index (χ2n) is 9.84. The van der Waals surface area contributed by atoms with Crippen LogP contribution >= 0.6 is 0 Å². The third-order valence-corrected chi connectivity index (χ3v) is 7.76. The van der Waals surface area contributed by atoms with Crippen molar-refractivity contribution in [2.24, 2.45) is 23.7 Å². The average molecular weight is 396 g/mol. The fraction of sp³-hybridized carbons (Fsp3) is 0.609. The lowest BCUT2D eigenvalue weighted by atomic mass is 9.54. The standard InChI is InChI=1S/C23H29N3O3/c1-13-3-5-18(6-4-13)23(2)21(28)26(22(29)25-23)12-19(27)24-20-16-8-14-7-15(10-16)11-17(20)9-14/h3-6,14-17,20H,7-12H2,1-2H3,(H,24,27)(H,25,29)/t14?,15?,16?,17?,20?,23-/m1/s1. The summed E-state index contributed by atoms with van der Waals surface area (Å²) in [6.07, 6.45) is 6.23. The van der Waals surface area contributed by atoms with Crippen LogP contribution in [-0.2, 0) is 15.1 Å². The highest BCUT2D eigenvalue weighted by molar-refractivity contribution is 6.09. The van der Waals surface area contributed by atoms with Gasteiger partial charge >= 0.3 is 6.03 Å². The summed E-state index contributed by atoms with van der Waals surface area (Å²) in [5, 5.41) is 5.98. The molecule has 1 aromatic carbocycles. The molecule has 2 N–H and O–H groups in total. The van der Waals surface area contributed by atoms with Crippen LogP contribution in [0, 0.1) is 30.6 Å². The molecule has 4 saturated carbocycles. The molecule has 1 aromatic rings. The van der Waals surface area contributed by atoms with Gasteiger partial charge in [-0.2, -0.15) is 0 Å². The second kappa shape index (κ2) is 6.57. The SMILES string of the molecule is Cc1ccc([C@@]2(C)NC(=O)N(CC(=O)NC3C4CC5CC(C4)CC3C5)C2=O)cc1. The predicted molar refractivity (Wildman–Crippen MR) is 108 cm³/mol. The lowest BCUT2D eigenvalue weighted by Crippen LogP contribution is -2.57. The number of carbonyl (C=O) groups is 3. The van der Waals surface area contributed by atoms with Gasteiger partial charge in [0.15, 0.2) is 0 Å². The van der Waals surface area contributed by atoms with Crippen LogP contribution in [0.2, 0.25) is 0 Å². The minimum absolute atomic E-state index is 0.208. The van der Waals surface area contributed by atoms with Crippen LogP contribution in [0.5, 0.6) is 0 Å². The summed E-state index contributed by atoms with van der Waals surface area (Å²) in [4.78, 5) is 39.4. The Morgan fingerprint density at radius 3 is 2.24 bits per heavy atom. The summed E-state index contributed by atoms with van der Waals surface area (Å²) in [5.74, 6) is 2.22. The van der Waals surface area contributed by atoms with Crippen molar-refractivity contribution >= 4 is 17.8 Å². The Morgan fingerprint density at radius 2 is 1.66 bits per heavy atom. The molecule has 0 aromatic heterocycles. The number of hydrogen-bond donors (Lipinski definition) is 2. The molecular weight excluding hydrogens is 366 g/mol. The number of urea groups is 1. The van der Waals surface area contributed by atoms with Crippen LogP contribution in [0.25, 0.3) is 0 Å². The molecule has 6 nitrogen and oxygen atoms in total. The lowest BCUT2D eigenvalue weighted by Gasteiger charge is -2.54. The van der Waals surface area contributed by atoms with Gasteiger partial charge in [0.1, 0.15) is 12.1 Å². The summed E-state index contributed by atoms with van der Waals surface area (Å²) in [7, 11) is 0. The van der Waals surface area contributed by atoms with Gasteiger partial charge < -0.3 is 10.6 Å². The number of carbonyl (C=O) groups excluding carboxylic acids is 3. The Hall–Kier alpha value is -2.37. The number of rotatable bonds is 4. The number of nitrogens with one attached hydrogen (secondary N) is 2. The van der Waals surface area contributed by atoms with E-state index in [9.17, 15) is 14.4 Å². The van der Waals surface area contributed by atoms with E-state index in [4.69, 9.17) is 0 Å². The summed E-state index contributed by atoms with van der Waals surface area (Å²) >= 11 is 0. The zero-order chi connectivity index (χ0) is 20.3. The molecule has 29 heavy (non-hydrogen) atoms. The minimum atomic E-state index is -1.13. The smallest absolute Gasteiger partial charge is 0.325 e. The van der Waals surface area contributed by atoms with E-state index in [0.717, 1.165) is 27.9 Å². The summed E-state index contributed by atoms with van der Waals surface area (Å²) < 4.78 is 0. The van der Waals surface area contributed by atoms with Crippen molar-refractivity contribution in [3.05, 3.63) is 35.4 Å². The van der Waals surface area contributed by atoms with Crippen LogP contribution in [0.3, 0.4) is 0 Å².